The second-order valence-electron chi connectivity index (χ2n) is 9.63. The highest BCUT2D eigenvalue weighted by molar-refractivity contribution is 7.91. The van der Waals surface area contributed by atoms with Gasteiger partial charge >= 0.3 is 0 Å². The van der Waals surface area contributed by atoms with Gasteiger partial charge in [0.1, 0.15) is 11.5 Å². The zero-order valence-electron chi connectivity index (χ0n) is 23.4. The van der Waals surface area contributed by atoms with Gasteiger partial charge in [-0.1, -0.05) is 23.2 Å². The number of aromatic nitrogens is 4. The molecule has 6 rings (SSSR count). The highest BCUT2D eigenvalue weighted by atomic mass is 35.5. The van der Waals surface area contributed by atoms with E-state index in [0.717, 1.165) is 0 Å². The molecule has 45 heavy (non-hydrogen) atoms. The van der Waals surface area contributed by atoms with E-state index in [1.165, 1.54) is 62.8 Å². The van der Waals surface area contributed by atoms with E-state index < -0.39 is 21.7 Å². The third-order valence-electron chi connectivity index (χ3n) is 6.80. The monoisotopic (exact) mass is 664 g/mol. The molecule has 0 bridgehead atoms. The quantitative estimate of drug-likeness (QED) is 0.151. The van der Waals surface area contributed by atoms with Gasteiger partial charge in [0.15, 0.2) is 0 Å². The molecule has 2 amide bonds. The summed E-state index contributed by atoms with van der Waals surface area (Å²) in [4.78, 5) is 40.3. The van der Waals surface area contributed by atoms with Gasteiger partial charge in [-0.25, -0.2) is 18.4 Å². The van der Waals surface area contributed by atoms with Crippen LogP contribution in [-0.2, 0) is 9.84 Å². The first-order chi connectivity index (χ1) is 21.5. The van der Waals surface area contributed by atoms with Crippen molar-refractivity contribution in [1.82, 2.24) is 19.9 Å². The maximum Gasteiger partial charge on any atom is 0.261 e. The molecule has 0 saturated heterocycles. The number of sulfone groups is 1. The summed E-state index contributed by atoms with van der Waals surface area (Å²) in [5.74, 6) is -0.170. The maximum atomic E-state index is 13.6. The molecule has 0 unspecified atom stereocenters. The number of nitrogens with zero attached hydrogens (tertiary/aromatic N) is 2. The fourth-order valence-corrected chi connectivity index (χ4v) is 6.29. The number of benzene rings is 4. The van der Waals surface area contributed by atoms with Gasteiger partial charge in [0, 0.05) is 10.0 Å². The molecule has 0 spiro atoms. The number of carbonyl (C=O) groups excluding carboxylic acids is 2. The molecule has 2 aromatic heterocycles. The molecule has 0 fully saturated rings. The molecule has 0 aliphatic heterocycles. The fraction of sp³-hybridized carbons (Fsp3) is 0.0667. The molecule has 4 aromatic carbocycles. The maximum absolute atomic E-state index is 13.6. The lowest BCUT2D eigenvalue weighted by atomic mass is 10.2. The molecule has 0 atom stereocenters. The van der Waals surface area contributed by atoms with E-state index in [1.54, 1.807) is 24.3 Å². The minimum absolute atomic E-state index is 0.00604. The molecule has 2 heterocycles. The van der Waals surface area contributed by atoms with Crippen molar-refractivity contribution in [3.8, 4) is 11.5 Å². The molecular formula is C30H22Cl2N6O6S. The standard InChI is InChI=1S/C30H22Cl2N6O6S/c1-43-25-9-3-15(31)11-19(25)27(39)37-29-33-21-7-5-17(13-23(21)35-29)45(41,42)18-6-8-22-24(14-18)36-30(34-22)38-28(40)20-12-16(32)4-10-26(20)44-2/h3-14H,1-2H3,(H2,33,35,37,39)(H2,34,36,38,40). The number of H-pyrrole nitrogens is 2. The molecule has 12 nitrogen and oxygen atoms in total. The number of anilines is 2. The summed E-state index contributed by atoms with van der Waals surface area (Å²) in [7, 11) is -1.13. The smallest absolute Gasteiger partial charge is 0.261 e. The first-order valence-electron chi connectivity index (χ1n) is 13.1. The molecule has 0 radical (unpaired) electrons. The van der Waals surface area contributed by atoms with Crippen LogP contribution in [0.2, 0.25) is 10.0 Å². The summed E-state index contributed by atoms with van der Waals surface area (Å²) in [5.41, 5.74) is 2.04. The third-order valence-corrected chi connectivity index (χ3v) is 9.02. The Morgan fingerprint density at radius 2 is 1.09 bits per heavy atom. The number of hydrogen-bond donors (Lipinski definition) is 4. The summed E-state index contributed by atoms with van der Waals surface area (Å²) in [6.45, 7) is 0. The van der Waals surface area contributed by atoms with Gasteiger partial charge < -0.3 is 19.4 Å². The van der Waals surface area contributed by atoms with Gasteiger partial charge in [-0.05, 0) is 72.8 Å². The minimum Gasteiger partial charge on any atom is -0.496 e. The number of nitrogens with one attached hydrogen (secondary N) is 4. The Labute approximate surface area is 265 Å². The van der Waals surface area contributed by atoms with Crippen molar-refractivity contribution in [2.24, 2.45) is 0 Å². The largest absolute Gasteiger partial charge is 0.496 e. The van der Waals surface area contributed by atoms with E-state index in [2.05, 4.69) is 30.6 Å². The van der Waals surface area contributed by atoms with Crippen molar-refractivity contribution >= 4 is 78.8 Å². The second kappa shape index (κ2) is 11.8. The number of ether oxygens (including phenoxy) is 2. The van der Waals surface area contributed by atoms with E-state index in [-0.39, 0.29) is 32.8 Å². The fourth-order valence-electron chi connectivity index (χ4n) is 4.63. The van der Waals surface area contributed by atoms with Gasteiger partial charge in [-0.3, -0.25) is 20.2 Å². The Hall–Kier alpha value is -5.11. The molecule has 15 heteroatoms. The van der Waals surface area contributed by atoms with Gasteiger partial charge in [0.25, 0.3) is 11.8 Å². The number of fused-ring (bicyclic) bond motifs is 2. The van der Waals surface area contributed by atoms with Gasteiger partial charge in [0.2, 0.25) is 21.7 Å². The average Bonchev–Trinajstić information content (AvgIpc) is 3.62. The van der Waals surface area contributed by atoms with Gasteiger partial charge in [0.05, 0.1) is 57.2 Å². The average molecular weight is 666 g/mol. The molecule has 228 valence electrons. The first kappa shape index (κ1) is 29.9. The minimum atomic E-state index is -4.00. The predicted octanol–water partition coefficient (Wildman–Crippen LogP) is 6.10. The van der Waals surface area contributed by atoms with Crippen molar-refractivity contribution < 1.29 is 27.5 Å². The topological polar surface area (TPSA) is 168 Å². The highest BCUT2D eigenvalue weighted by Gasteiger charge is 2.22. The number of amides is 2. The van der Waals surface area contributed by atoms with Crippen molar-refractivity contribution in [3.63, 3.8) is 0 Å². The first-order valence-corrected chi connectivity index (χ1v) is 15.3. The van der Waals surface area contributed by atoms with Crippen molar-refractivity contribution in [2.75, 3.05) is 24.9 Å². The van der Waals surface area contributed by atoms with Crippen molar-refractivity contribution in [1.29, 1.82) is 0 Å². The van der Waals surface area contributed by atoms with Crippen LogP contribution in [0.15, 0.2) is 82.6 Å². The van der Waals surface area contributed by atoms with Crippen LogP contribution in [0.25, 0.3) is 22.1 Å². The van der Waals surface area contributed by atoms with E-state index in [4.69, 9.17) is 32.7 Å². The second-order valence-corrected chi connectivity index (χ2v) is 12.5. The highest BCUT2D eigenvalue weighted by Crippen LogP contribution is 2.29. The molecule has 0 saturated carbocycles. The molecule has 0 aliphatic carbocycles. The number of hydrogen-bond acceptors (Lipinski definition) is 8. The number of methoxy groups -OCH3 is 2. The van der Waals surface area contributed by atoms with E-state index in [0.29, 0.717) is 43.6 Å². The molecule has 0 aliphatic rings. The van der Waals surface area contributed by atoms with Crippen LogP contribution in [0.3, 0.4) is 0 Å². The zero-order chi connectivity index (χ0) is 31.9. The van der Waals surface area contributed by atoms with Crippen LogP contribution in [-0.4, -0.2) is 54.4 Å². The van der Waals surface area contributed by atoms with Crippen LogP contribution in [0.5, 0.6) is 11.5 Å². The van der Waals surface area contributed by atoms with Crippen molar-refractivity contribution in [2.45, 2.75) is 9.79 Å². The Bertz CT molecular complexity index is 2100. The van der Waals surface area contributed by atoms with Crippen LogP contribution in [0, 0.1) is 0 Å². The predicted molar refractivity (Wildman–Crippen MR) is 170 cm³/mol. The van der Waals surface area contributed by atoms with E-state index in [1.807, 2.05) is 0 Å². The number of halogens is 2. The van der Waals surface area contributed by atoms with Gasteiger partial charge in [-0.15, -0.1) is 0 Å². The van der Waals surface area contributed by atoms with Crippen LogP contribution in [0.4, 0.5) is 11.9 Å². The van der Waals surface area contributed by atoms with E-state index in [9.17, 15) is 18.0 Å². The normalized spacial score (nSPS) is 11.5. The lowest BCUT2D eigenvalue weighted by molar-refractivity contribution is 0.101. The molecular weight excluding hydrogens is 643 g/mol. The van der Waals surface area contributed by atoms with E-state index >= 15 is 0 Å². The Morgan fingerprint density at radius 1 is 0.667 bits per heavy atom. The number of imidazole rings is 2. The summed E-state index contributed by atoms with van der Waals surface area (Å²) >= 11 is 12.1. The molecule has 4 N–H and O–H groups in total. The Morgan fingerprint density at radius 3 is 1.49 bits per heavy atom. The lowest BCUT2D eigenvalue weighted by Gasteiger charge is -2.08. The van der Waals surface area contributed by atoms with Crippen LogP contribution in [0.1, 0.15) is 20.7 Å². The van der Waals surface area contributed by atoms with Gasteiger partial charge in [-0.2, -0.15) is 0 Å². The Balaban J connectivity index is 1.24. The lowest BCUT2D eigenvalue weighted by Crippen LogP contribution is -2.14. The summed E-state index contributed by atoms with van der Waals surface area (Å²) in [6, 6.07) is 18.0. The van der Waals surface area contributed by atoms with Crippen molar-refractivity contribution in [3.05, 3.63) is 94.0 Å². The van der Waals surface area contributed by atoms with Crippen LogP contribution < -0.4 is 20.1 Å². The van der Waals surface area contributed by atoms with Crippen LogP contribution >= 0.6 is 23.2 Å². The third kappa shape index (κ3) is 5.88. The number of rotatable bonds is 8. The Kier molecular flexibility index (Phi) is 7.83. The number of carbonyl (C=O) groups is 2. The summed E-state index contributed by atoms with van der Waals surface area (Å²) in [6.07, 6.45) is 0. The number of aromatic amines is 2. The molecule has 6 aromatic rings. The zero-order valence-corrected chi connectivity index (χ0v) is 25.8. The summed E-state index contributed by atoms with van der Waals surface area (Å²) in [5, 5.41) is 6.00. The summed E-state index contributed by atoms with van der Waals surface area (Å²) < 4.78 is 37.7. The SMILES string of the molecule is COc1ccc(Cl)cc1C(=O)Nc1nc2ccc(S(=O)(=O)c3ccc4nc(NC(=O)c5cc(Cl)ccc5OC)[nH]c4c3)cc2[nH]1.